The number of hydrogen-bond donors (Lipinski definition) is 3. The molecule has 29 heavy (non-hydrogen) atoms. The maximum absolute atomic E-state index is 12.6. The quantitative estimate of drug-likeness (QED) is 0.524. The molecule has 4 N–H and O–H groups in total. The normalized spacial score (nSPS) is 12.4. The second kappa shape index (κ2) is 8.49. The summed E-state index contributed by atoms with van der Waals surface area (Å²) in [6.07, 6.45) is 0. The summed E-state index contributed by atoms with van der Waals surface area (Å²) in [4.78, 5) is 11.3. The van der Waals surface area contributed by atoms with Gasteiger partial charge >= 0.3 is 0 Å². The van der Waals surface area contributed by atoms with Gasteiger partial charge in [0.25, 0.3) is 10.0 Å². The molecule has 0 spiro atoms. The molecule has 0 aliphatic rings. The molecule has 2 aromatic rings. The van der Waals surface area contributed by atoms with Gasteiger partial charge in [0.2, 0.25) is 15.9 Å². The zero-order valence-electron chi connectivity index (χ0n) is 15.4. The number of anilines is 2. The lowest BCUT2D eigenvalue weighted by Crippen LogP contribution is -2.32. The molecule has 1 amide bonds. The van der Waals surface area contributed by atoms with Gasteiger partial charge in [-0.25, -0.2) is 22.0 Å². The average Bonchev–Trinajstić information content (AvgIpc) is 2.62. The van der Waals surface area contributed by atoms with E-state index in [1.807, 2.05) is 0 Å². The van der Waals surface area contributed by atoms with Crippen molar-refractivity contribution in [2.24, 2.45) is 10.6 Å². The van der Waals surface area contributed by atoms with E-state index in [0.29, 0.717) is 5.69 Å². The number of halogens is 2. The third-order valence-corrected chi connectivity index (χ3v) is 7.30. The van der Waals surface area contributed by atoms with E-state index >= 15 is 0 Å². The summed E-state index contributed by atoms with van der Waals surface area (Å²) in [5, 5.41) is 7.55. The Kier molecular flexibility index (Phi) is 6.86. The van der Waals surface area contributed by atoms with E-state index in [9.17, 15) is 21.6 Å². The molecule has 8 nitrogen and oxygen atoms in total. The fourth-order valence-corrected chi connectivity index (χ4v) is 4.42. The van der Waals surface area contributed by atoms with Crippen LogP contribution in [-0.4, -0.2) is 28.6 Å². The molecule has 2 aromatic carbocycles. The predicted molar refractivity (Wildman–Crippen MR) is 113 cm³/mol. The molecule has 0 saturated carbocycles. The number of nitrogens with one attached hydrogen (secondary N) is 2. The monoisotopic (exact) mass is 479 g/mol. The van der Waals surface area contributed by atoms with E-state index in [2.05, 4.69) is 10.0 Å². The van der Waals surface area contributed by atoms with E-state index in [4.69, 9.17) is 28.3 Å². The number of hydrogen-bond acceptors (Lipinski definition) is 5. The lowest BCUT2D eigenvalue weighted by Gasteiger charge is -2.20. The summed E-state index contributed by atoms with van der Waals surface area (Å²) in [6, 6.07) is 9.07. The Hall–Kier alpha value is -1.85. The first kappa shape index (κ1) is 23.4. The van der Waals surface area contributed by atoms with Crippen molar-refractivity contribution in [2.75, 3.05) is 15.9 Å². The van der Waals surface area contributed by atoms with Crippen molar-refractivity contribution in [2.45, 2.75) is 23.6 Å². The van der Waals surface area contributed by atoms with Gasteiger partial charge in [-0.05, 0) is 56.3 Å². The first-order valence-corrected chi connectivity index (χ1v) is 12.0. The van der Waals surface area contributed by atoms with Crippen molar-refractivity contribution < 1.29 is 21.6 Å². The number of primary sulfonamides is 1. The van der Waals surface area contributed by atoms with Gasteiger partial charge in [-0.2, -0.15) is 0 Å². The van der Waals surface area contributed by atoms with Gasteiger partial charge in [0.15, 0.2) is 0 Å². The molecule has 0 heterocycles. The van der Waals surface area contributed by atoms with Crippen molar-refractivity contribution in [3.63, 3.8) is 0 Å². The molecule has 0 radical (unpaired) electrons. The van der Waals surface area contributed by atoms with Crippen LogP contribution >= 0.6 is 23.2 Å². The lowest BCUT2D eigenvalue weighted by atomic mass is 9.95. The molecule has 158 valence electrons. The molecule has 0 aromatic heterocycles. The Morgan fingerprint density at radius 2 is 1.59 bits per heavy atom. The van der Waals surface area contributed by atoms with Gasteiger partial charge in [0.05, 0.1) is 15.3 Å². The molecule has 0 unspecified atom stereocenters. The highest BCUT2D eigenvalue weighted by Crippen LogP contribution is 2.26. The number of carbonyl (C=O) groups is 1. The third-order valence-electron chi connectivity index (χ3n) is 3.86. The van der Waals surface area contributed by atoms with Gasteiger partial charge in [-0.15, -0.1) is 11.6 Å². The summed E-state index contributed by atoms with van der Waals surface area (Å²) in [7, 11) is -8.30. The van der Waals surface area contributed by atoms with Crippen molar-refractivity contribution in [3.05, 3.63) is 47.5 Å². The average molecular weight is 480 g/mol. The molecular formula is C17H19Cl2N3O5S2. The van der Waals surface area contributed by atoms with Crippen LogP contribution in [0.5, 0.6) is 0 Å². The fraction of sp³-hybridized carbons (Fsp3) is 0.235. The Bertz CT molecular complexity index is 1130. The predicted octanol–water partition coefficient (Wildman–Crippen LogP) is 2.99. The van der Waals surface area contributed by atoms with Gasteiger partial charge in [0, 0.05) is 17.3 Å². The Balaban J connectivity index is 2.23. The molecular weight excluding hydrogens is 461 g/mol. The van der Waals surface area contributed by atoms with Crippen LogP contribution in [0.2, 0.25) is 5.02 Å². The highest BCUT2D eigenvalue weighted by molar-refractivity contribution is 7.93. The zero-order valence-corrected chi connectivity index (χ0v) is 18.6. The smallest absolute Gasteiger partial charge is 0.261 e. The number of sulfonamides is 2. The van der Waals surface area contributed by atoms with E-state index in [1.54, 1.807) is 13.8 Å². The summed E-state index contributed by atoms with van der Waals surface area (Å²) in [5.74, 6) is -0.143. The summed E-state index contributed by atoms with van der Waals surface area (Å²) >= 11 is 11.5. The van der Waals surface area contributed by atoms with Crippen LogP contribution in [0.4, 0.5) is 11.4 Å². The maximum atomic E-state index is 12.6. The molecule has 0 atom stereocenters. The number of nitrogens with two attached hydrogens (primary N) is 1. The minimum Gasteiger partial charge on any atom is -0.326 e. The van der Waals surface area contributed by atoms with Crippen LogP contribution in [-0.2, 0) is 24.8 Å². The number of rotatable bonds is 7. The van der Waals surface area contributed by atoms with Crippen molar-refractivity contribution in [1.29, 1.82) is 0 Å². The third kappa shape index (κ3) is 5.83. The van der Waals surface area contributed by atoms with Gasteiger partial charge in [-0.3, -0.25) is 9.52 Å². The zero-order chi connectivity index (χ0) is 22.0. The maximum Gasteiger partial charge on any atom is 0.261 e. The van der Waals surface area contributed by atoms with Crippen molar-refractivity contribution in [3.8, 4) is 0 Å². The van der Waals surface area contributed by atoms with Crippen molar-refractivity contribution >= 4 is 60.5 Å². The lowest BCUT2D eigenvalue weighted by molar-refractivity contribution is -0.122. The standard InChI is InChI=1S/C17H19Cl2N3O5S2/c1-17(2,10-18)16(23)21-11-3-5-12(6-4-11)22-29(26,27)13-7-8-14(19)15(9-13)28(20,24)25/h3-9,22H,10H2,1-2H3,(H,21,23)(H2,20,24,25). The Morgan fingerprint density at radius 3 is 2.10 bits per heavy atom. The first-order valence-electron chi connectivity index (χ1n) is 8.09. The minimum atomic E-state index is -4.19. The largest absolute Gasteiger partial charge is 0.326 e. The van der Waals surface area contributed by atoms with Gasteiger partial charge in [0.1, 0.15) is 4.90 Å². The second-order valence-electron chi connectivity index (χ2n) is 6.79. The highest BCUT2D eigenvalue weighted by Gasteiger charge is 2.26. The minimum absolute atomic E-state index is 0.137. The van der Waals surface area contributed by atoms with Crippen LogP contribution in [0.15, 0.2) is 52.3 Å². The van der Waals surface area contributed by atoms with E-state index in [1.165, 1.54) is 24.3 Å². The van der Waals surface area contributed by atoms with Crippen LogP contribution in [0.1, 0.15) is 13.8 Å². The molecule has 2 rings (SSSR count). The van der Waals surface area contributed by atoms with Crippen LogP contribution in [0.25, 0.3) is 0 Å². The van der Waals surface area contributed by atoms with E-state index in [0.717, 1.165) is 18.2 Å². The summed E-state index contributed by atoms with van der Waals surface area (Å²) in [6.45, 7) is 3.39. The number of amides is 1. The van der Waals surface area contributed by atoms with E-state index in [-0.39, 0.29) is 27.4 Å². The van der Waals surface area contributed by atoms with Crippen LogP contribution in [0.3, 0.4) is 0 Å². The molecule has 0 fully saturated rings. The molecule has 0 saturated heterocycles. The van der Waals surface area contributed by atoms with Gasteiger partial charge < -0.3 is 5.32 Å². The number of benzene rings is 2. The molecule has 12 heteroatoms. The van der Waals surface area contributed by atoms with Crippen LogP contribution < -0.4 is 15.2 Å². The summed E-state index contributed by atoms with van der Waals surface area (Å²) < 4.78 is 50.5. The molecule has 0 aliphatic heterocycles. The van der Waals surface area contributed by atoms with Crippen LogP contribution in [0, 0.1) is 5.41 Å². The first-order chi connectivity index (χ1) is 13.3. The topological polar surface area (TPSA) is 135 Å². The van der Waals surface area contributed by atoms with E-state index < -0.39 is 30.4 Å². The Labute approximate surface area is 179 Å². The van der Waals surface area contributed by atoms with Crippen molar-refractivity contribution in [1.82, 2.24) is 0 Å². The molecule has 0 aliphatic carbocycles. The second-order valence-corrected chi connectivity index (χ2v) is 10.7. The SMILES string of the molecule is CC(C)(CCl)C(=O)Nc1ccc(NS(=O)(=O)c2ccc(Cl)c(S(N)(=O)=O)c2)cc1. The fourth-order valence-electron chi connectivity index (χ4n) is 2.07. The summed E-state index contributed by atoms with van der Waals surface area (Å²) in [5.41, 5.74) is -0.108. The van der Waals surface area contributed by atoms with Gasteiger partial charge in [-0.1, -0.05) is 11.6 Å². The highest BCUT2D eigenvalue weighted by atomic mass is 35.5. The number of carbonyl (C=O) groups excluding carboxylic acids is 1. The Morgan fingerprint density at radius 1 is 1.03 bits per heavy atom. The molecule has 0 bridgehead atoms. The number of alkyl halides is 1.